The van der Waals surface area contributed by atoms with Crippen LogP contribution in [0.2, 0.25) is 0 Å². The molecule has 5 nitrogen and oxygen atoms in total. The number of para-hydroxylation sites is 2. The number of piperidine rings is 1. The van der Waals surface area contributed by atoms with Crippen LogP contribution in [0, 0.1) is 0 Å². The first kappa shape index (κ1) is 16.4. The average molecular weight is 357 g/mol. The Morgan fingerprint density at radius 3 is 3.00 bits per heavy atom. The van der Waals surface area contributed by atoms with Crippen molar-refractivity contribution in [3.8, 4) is 0 Å². The number of aliphatic hydroxyl groups is 1. The van der Waals surface area contributed by atoms with E-state index in [0.29, 0.717) is 13.1 Å². The van der Waals surface area contributed by atoms with Crippen molar-refractivity contribution < 1.29 is 9.90 Å². The molecule has 6 heteroatoms. The number of rotatable bonds is 2. The number of fused-ring (bicyclic) bond motifs is 1. The van der Waals surface area contributed by atoms with Crippen molar-refractivity contribution in [2.75, 3.05) is 29.9 Å². The third-order valence-corrected chi connectivity index (χ3v) is 6.00. The molecule has 0 unspecified atom stereocenters. The highest BCUT2D eigenvalue weighted by molar-refractivity contribution is 7.10. The molecular weight excluding hydrogens is 334 g/mol. The van der Waals surface area contributed by atoms with Gasteiger partial charge in [0.2, 0.25) is 0 Å². The molecule has 0 radical (unpaired) electrons. The van der Waals surface area contributed by atoms with E-state index in [2.05, 4.69) is 27.7 Å². The molecule has 3 heterocycles. The number of nitrogens with zero attached hydrogens (tertiary/aromatic N) is 2. The Labute approximate surface area is 151 Å². The zero-order valence-corrected chi connectivity index (χ0v) is 15.0. The SMILES string of the molecule is O=C(Nc1ccccc1N1CCc2sccc2C1)N1CCC[C@@H](O)C1. The van der Waals surface area contributed by atoms with Gasteiger partial charge in [0.25, 0.3) is 0 Å². The maximum Gasteiger partial charge on any atom is 0.321 e. The molecule has 132 valence electrons. The molecule has 2 amide bonds. The Morgan fingerprint density at radius 2 is 2.12 bits per heavy atom. The van der Waals surface area contributed by atoms with Crippen LogP contribution in [0.3, 0.4) is 0 Å². The van der Waals surface area contributed by atoms with Gasteiger partial charge in [-0.3, -0.25) is 0 Å². The molecule has 25 heavy (non-hydrogen) atoms. The van der Waals surface area contributed by atoms with Gasteiger partial charge in [-0.05, 0) is 48.4 Å². The Kier molecular flexibility index (Phi) is 4.63. The third kappa shape index (κ3) is 3.50. The molecule has 1 aromatic heterocycles. The molecule has 1 atom stereocenters. The number of amides is 2. The summed E-state index contributed by atoms with van der Waals surface area (Å²) in [6.07, 6.45) is 2.27. The van der Waals surface area contributed by atoms with Gasteiger partial charge in [-0.25, -0.2) is 4.79 Å². The van der Waals surface area contributed by atoms with Gasteiger partial charge < -0.3 is 20.2 Å². The molecule has 1 saturated heterocycles. The van der Waals surface area contributed by atoms with Crippen LogP contribution in [0.1, 0.15) is 23.3 Å². The second kappa shape index (κ2) is 7.06. The van der Waals surface area contributed by atoms with Gasteiger partial charge in [0, 0.05) is 31.1 Å². The molecule has 0 spiro atoms. The van der Waals surface area contributed by atoms with Crippen LogP contribution in [0.4, 0.5) is 16.2 Å². The lowest BCUT2D eigenvalue weighted by Gasteiger charge is -2.33. The van der Waals surface area contributed by atoms with Crippen LogP contribution in [0.15, 0.2) is 35.7 Å². The van der Waals surface area contributed by atoms with Gasteiger partial charge in [-0.2, -0.15) is 0 Å². The van der Waals surface area contributed by atoms with Crippen molar-refractivity contribution in [2.24, 2.45) is 0 Å². The number of β-amino-alcohol motifs (C(OH)–C–C–N with tert-alkyl or cyclic N) is 1. The number of thiophene rings is 1. The minimum absolute atomic E-state index is 0.126. The number of aliphatic hydroxyl groups excluding tert-OH is 1. The molecular formula is C19H23N3O2S. The number of carbonyl (C=O) groups is 1. The number of likely N-dealkylation sites (tertiary alicyclic amines) is 1. The van der Waals surface area contributed by atoms with Gasteiger partial charge >= 0.3 is 6.03 Å². The zero-order valence-electron chi connectivity index (χ0n) is 14.1. The second-order valence-electron chi connectivity index (χ2n) is 6.73. The molecule has 2 N–H and O–H groups in total. The average Bonchev–Trinajstić information content (AvgIpc) is 3.10. The number of benzene rings is 1. The smallest absolute Gasteiger partial charge is 0.321 e. The summed E-state index contributed by atoms with van der Waals surface area (Å²) in [6, 6.07) is 10.1. The molecule has 0 saturated carbocycles. The van der Waals surface area contributed by atoms with Crippen LogP contribution < -0.4 is 10.2 Å². The summed E-state index contributed by atoms with van der Waals surface area (Å²) in [7, 11) is 0. The van der Waals surface area contributed by atoms with E-state index in [1.54, 1.807) is 4.90 Å². The van der Waals surface area contributed by atoms with Gasteiger partial charge in [0.05, 0.1) is 17.5 Å². The van der Waals surface area contributed by atoms with Crippen LogP contribution >= 0.6 is 11.3 Å². The maximum atomic E-state index is 12.6. The van der Waals surface area contributed by atoms with E-state index < -0.39 is 6.10 Å². The fraction of sp³-hybridized carbons (Fsp3) is 0.421. The lowest BCUT2D eigenvalue weighted by Crippen LogP contribution is -2.44. The molecule has 2 aliphatic rings. The number of anilines is 2. The number of urea groups is 1. The Bertz CT molecular complexity index is 761. The summed E-state index contributed by atoms with van der Waals surface area (Å²) in [5.41, 5.74) is 3.29. The highest BCUT2D eigenvalue weighted by Gasteiger charge is 2.24. The van der Waals surface area contributed by atoms with Gasteiger partial charge in [-0.15, -0.1) is 11.3 Å². The predicted molar refractivity (Wildman–Crippen MR) is 101 cm³/mol. The lowest BCUT2D eigenvalue weighted by molar-refractivity contribution is 0.0883. The van der Waals surface area contributed by atoms with E-state index in [-0.39, 0.29) is 6.03 Å². The van der Waals surface area contributed by atoms with Gasteiger partial charge in [-0.1, -0.05) is 12.1 Å². The Hall–Kier alpha value is -2.05. The quantitative estimate of drug-likeness (QED) is 0.867. The van der Waals surface area contributed by atoms with Crippen molar-refractivity contribution in [2.45, 2.75) is 31.9 Å². The maximum absolute atomic E-state index is 12.6. The normalized spacial score (nSPS) is 20.3. The third-order valence-electron chi connectivity index (χ3n) is 4.98. The van der Waals surface area contributed by atoms with Crippen molar-refractivity contribution >= 4 is 28.7 Å². The minimum atomic E-state index is -0.408. The minimum Gasteiger partial charge on any atom is -0.391 e. The molecule has 4 rings (SSSR count). The predicted octanol–water partition coefficient (Wildman–Crippen LogP) is 3.30. The Balaban J connectivity index is 1.50. The van der Waals surface area contributed by atoms with Crippen molar-refractivity contribution in [3.63, 3.8) is 0 Å². The van der Waals surface area contributed by atoms with Crippen molar-refractivity contribution in [1.82, 2.24) is 4.90 Å². The highest BCUT2D eigenvalue weighted by Crippen LogP contribution is 2.32. The standard InChI is InChI=1S/C19H23N3O2S/c23-15-4-3-9-22(13-15)19(24)20-16-5-1-2-6-17(16)21-10-7-18-14(12-21)8-11-25-18/h1-2,5-6,8,11,15,23H,3-4,7,9-10,12-13H2,(H,20,24)/t15-/m1/s1. The van der Waals surface area contributed by atoms with E-state index in [4.69, 9.17) is 0 Å². The number of hydrogen-bond acceptors (Lipinski definition) is 4. The summed E-state index contributed by atoms with van der Waals surface area (Å²) >= 11 is 1.83. The summed E-state index contributed by atoms with van der Waals surface area (Å²) in [5.74, 6) is 0. The highest BCUT2D eigenvalue weighted by atomic mass is 32.1. The molecule has 2 aliphatic heterocycles. The summed E-state index contributed by atoms with van der Waals surface area (Å²) in [5, 5.41) is 15.0. The summed E-state index contributed by atoms with van der Waals surface area (Å²) in [4.78, 5) is 18.1. The summed E-state index contributed by atoms with van der Waals surface area (Å²) < 4.78 is 0. The van der Waals surface area contributed by atoms with Crippen LogP contribution in [-0.2, 0) is 13.0 Å². The van der Waals surface area contributed by atoms with Crippen LogP contribution in [0.5, 0.6) is 0 Å². The topological polar surface area (TPSA) is 55.8 Å². The van der Waals surface area contributed by atoms with E-state index >= 15 is 0 Å². The Morgan fingerprint density at radius 1 is 1.24 bits per heavy atom. The molecule has 2 aromatic rings. The fourth-order valence-corrected chi connectivity index (χ4v) is 4.53. The first-order valence-electron chi connectivity index (χ1n) is 8.84. The number of nitrogens with one attached hydrogen (secondary N) is 1. The van der Waals surface area contributed by atoms with E-state index in [1.165, 1.54) is 10.4 Å². The van der Waals surface area contributed by atoms with E-state index in [9.17, 15) is 9.90 Å². The second-order valence-corrected chi connectivity index (χ2v) is 7.73. The first-order chi connectivity index (χ1) is 12.2. The number of carbonyl (C=O) groups excluding carboxylic acids is 1. The number of hydrogen-bond donors (Lipinski definition) is 2. The van der Waals surface area contributed by atoms with E-state index in [1.807, 2.05) is 29.5 Å². The first-order valence-corrected chi connectivity index (χ1v) is 9.72. The van der Waals surface area contributed by atoms with Crippen LogP contribution in [0.25, 0.3) is 0 Å². The van der Waals surface area contributed by atoms with Crippen molar-refractivity contribution in [3.05, 3.63) is 46.2 Å². The van der Waals surface area contributed by atoms with Gasteiger partial charge in [0.15, 0.2) is 0 Å². The molecule has 0 bridgehead atoms. The van der Waals surface area contributed by atoms with Crippen molar-refractivity contribution in [1.29, 1.82) is 0 Å². The van der Waals surface area contributed by atoms with Crippen LogP contribution in [-0.4, -0.2) is 41.8 Å². The fourth-order valence-electron chi connectivity index (χ4n) is 3.64. The molecule has 1 aromatic carbocycles. The summed E-state index contributed by atoms with van der Waals surface area (Å²) in [6.45, 7) is 2.96. The largest absolute Gasteiger partial charge is 0.391 e. The lowest BCUT2D eigenvalue weighted by atomic mass is 10.1. The monoisotopic (exact) mass is 357 g/mol. The molecule has 1 fully saturated rings. The molecule has 0 aliphatic carbocycles. The van der Waals surface area contributed by atoms with Gasteiger partial charge in [0.1, 0.15) is 0 Å². The van der Waals surface area contributed by atoms with E-state index in [0.717, 1.165) is 43.7 Å². The zero-order chi connectivity index (χ0) is 17.2.